The number of nitrogens with zero attached hydrogens (tertiary/aromatic N) is 7. The lowest BCUT2D eigenvalue weighted by Gasteiger charge is -2.61. The van der Waals surface area contributed by atoms with E-state index in [0.717, 1.165) is 43.1 Å². The second kappa shape index (κ2) is 10.4. The fourth-order valence-electron chi connectivity index (χ4n) is 7.00. The van der Waals surface area contributed by atoms with Crippen LogP contribution in [0, 0.1) is 28.4 Å². The van der Waals surface area contributed by atoms with Crippen molar-refractivity contribution in [3.8, 4) is 17.3 Å². The van der Waals surface area contributed by atoms with Crippen LogP contribution in [0.4, 0.5) is 25.3 Å². The van der Waals surface area contributed by atoms with Gasteiger partial charge in [-0.25, -0.2) is 18.7 Å². The number of carbonyl (C=O) groups excluding carboxylic acids is 1. The van der Waals surface area contributed by atoms with Crippen molar-refractivity contribution in [3.05, 3.63) is 64.2 Å². The first kappa shape index (κ1) is 28.3. The van der Waals surface area contributed by atoms with Crippen molar-refractivity contribution in [3.63, 3.8) is 0 Å². The highest BCUT2D eigenvalue weighted by Crippen LogP contribution is 2.46. The number of likely N-dealkylation sites (tertiary alicyclic amines) is 2. The average molecular weight is 630 g/mol. The molecule has 0 atom stereocenters. The summed E-state index contributed by atoms with van der Waals surface area (Å²) >= 11 is 1.22. The summed E-state index contributed by atoms with van der Waals surface area (Å²) in [6.07, 6.45) is -0.404. The van der Waals surface area contributed by atoms with E-state index in [-0.39, 0.29) is 29.3 Å². The Morgan fingerprint density at radius 1 is 1.16 bits per heavy atom. The molecule has 230 valence electrons. The van der Waals surface area contributed by atoms with Crippen LogP contribution in [0.1, 0.15) is 16.1 Å². The molecule has 4 aromatic rings. The molecular weight excluding hydrogens is 600 g/mol. The summed E-state index contributed by atoms with van der Waals surface area (Å²) in [7, 11) is 1.84. The lowest BCUT2D eigenvalue weighted by atomic mass is 9.72. The topological polar surface area (TPSA) is 109 Å². The molecule has 45 heavy (non-hydrogen) atoms. The van der Waals surface area contributed by atoms with E-state index < -0.39 is 11.9 Å². The number of fused-ring (bicyclic) bond motifs is 2. The SMILES string of the molecule is CN(c1nc(-c2ccc(F)cc2)c(C#N)s1)c1c2c(nc3c(F)cc(N4CC5(CN(CC(=O)N6CC(O)C6)C5)C4)cc13)COC2. The number of anilines is 3. The molecule has 1 amide bonds. The van der Waals surface area contributed by atoms with Gasteiger partial charge in [0.15, 0.2) is 10.9 Å². The molecule has 4 aliphatic heterocycles. The van der Waals surface area contributed by atoms with Gasteiger partial charge in [-0.05, 0) is 36.4 Å². The van der Waals surface area contributed by atoms with Gasteiger partial charge in [0.1, 0.15) is 28.0 Å². The fourth-order valence-corrected chi connectivity index (χ4v) is 7.86. The van der Waals surface area contributed by atoms with Gasteiger partial charge in [0.05, 0.1) is 37.2 Å². The number of aromatic nitrogens is 2. The number of amides is 1. The molecule has 2 aromatic carbocycles. The van der Waals surface area contributed by atoms with E-state index in [4.69, 9.17) is 9.72 Å². The normalized spacial score (nSPS) is 18.8. The van der Waals surface area contributed by atoms with Crippen LogP contribution in [-0.2, 0) is 22.7 Å². The van der Waals surface area contributed by atoms with Crippen LogP contribution in [0.5, 0.6) is 0 Å². The van der Waals surface area contributed by atoms with Gasteiger partial charge >= 0.3 is 0 Å². The van der Waals surface area contributed by atoms with Crippen LogP contribution < -0.4 is 9.80 Å². The minimum atomic E-state index is -0.422. The highest BCUT2D eigenvalue weighted by Gasteiger charge is 2.52. The Balaban J connectivity index is 1.08. The second-order valence-corrected chi connectivity index (χ2v) is 13.5. The van der Waals surface area contributed by atoms with Crippen molar-refractivity contribution < 1.29 is 23.4 Å². The molecule has 8 rings (SSSR count). The van der Waals surface area contributed by atoms with Gasteiger partial charge in [0.25, 0.3) is 0 Å². The number of halogens is 2. The van der Waals surface area contributed by atoms with Gasteiger partial charge in [-0.1, -0.05) is 11.3 Å². The van der Waals surface area contributed by atoms with E-state index in [9.17, 15) is 19.6 Å². The summed E-state index contributed by atoms with van der Waals surface area (Å²) < 4.78 is 35.1. The zero-order valence-electron chi connectivity index (χ0n) is 24.5. The smallest absolute Gasteiger partial charge is 0.236 e. The maximum absolute atomic E-state index is 15.8. The number of thiazole rings is 1. The highest BCUT2D eigenvalue weighted by molar-refractivity contribution is 7.16. The Morgan fingerprint density at radius 3 is 2.62 bits per heavy atom. The van der Waals surface area contributed by atoms with Crippen molar-refractivity contribution in [2.45, 2.75) is 19.3 Å². The van der Waals surface area contributed by atoms with Crippen LogP contribution in [0.3, 0.4) is 0 Å². The fraction of sp³-hybridized carbons (Fsp3) is 0.375. The van der Waals surface area contributed by atoms with Crippen LogP contribution in [0.2, 0.25) is 0 Å². The molecule has 2 aromatic heterocycles. The van der Waals surface area contributed by atoms with Gasteiger partial charge in [-0.15, -0.1) is 0 Å². The Hall–Kier alpha value is -4.22. The number of benzene rings is 2. The second-order valence-electron chi connectivity index (χ2n) is 12.5. The van der Waals surface area contributed by atoms with Crippen LogP contribution in [0.25, 0.3) is 22.2 Å². The van der Waals surface area contributed by atoms with Crippen LogP contribution in [-0.4, -0.2) is 89.7 Å². The molecule has 3 saturated heterocycles. The molecule has 6 heterocycles. The monoisotopic (exact) mass is 629 g/mol. The van der Waals surface area contributed by atoms with Crippen molar-refractivity contribution in [2.75, 3.05) is 62.7 Å². The molecule has 1 spiro atoms. The third kappa shape index (κ3) is 4.71. The molecule has 13 heteroatoms. The Labute approximate surface area is 261 Å². The van der Waals surface area contributed by atoms with Gasteiger partial charge in [-0.2, -0.15) is 5.26 Å². The van der Waals surface area contributed by atoms with Gasteiger partial charge in [-0.3, -0.25) is 9.69 Å². The average Bonchev–Trinajstić information content (AvgIpc) is 3.62. The minimum absolute atomic E-state index is 0.0514. The number of carbonyl (C=O) groups is 1. The number of nitriles is 1. The van der Waals surface area contributed by atoms with E-state index in [2.05, 4.69) is 20.9 Å². The summed E-state index contributed by atoms with van der Waals surface area (Å²) in [4.78, 5) is 30.1. The third-order valence-electron chi connectivity index (χ3n) is 9.24. The van der Waals surface area contributed by atoms with Crippen LogP contribution in [0.15, 0.2) is 36.4 Å². The van der Waals surface area contributed by atoms with E-state index in [1.807, 2.05) is 18.0 Å². The van der Waals surface area contributed by atoms with E-state index in [0.29, 0.717) is 58.6 Å². The molecule has 0 aliphatic carbocycles. The number of aliphatic hydroxyl groups is 1. The molecule has 0 radical (unpaired) electrons. The van der Waals surface area contributed by atoms with Crippen molar-refractivity contribution in [2.24, 2.45) is 5.41 Å². The Bertz CT molecular complexity index is 1890. The summed E-state index contributed by atoms with van der Waals surface area (Å²) in [5.41, 5.74) is 4.45. The summed E-state index contributed by atoms with van der Waals surface area (Å²) in [5.74, 6) is -0.743. The number of pyridine rings is 1. The zero-order valence-corrected chi connectivity index (χ0v) is 25.3. The number of aliphatic hydroxyl groups excluding tert-OH is 1. The van der Waals surface area contributed by atoms with Crippen molar-refractivity contribution in [1.29, 1.82) is 5.26 Å². The van der Waals surface area contributed by atoms with E-state index in [1.54, 1.807) is 17.0 Å². The summed E-state index contributed by atoms with van der Waals surface area (Å²) in [5, 5.41) is 20.5. The molecular formula is C32H29F2N7O3S. The molecule has 0 bridgehead atoms. The lowest BCUT2D eigenvalue weighted by molar-refractivity contribution is -0.146. The maximum atomic E-state index is 15.8. The quantitative estimate of drug-likeness (QED) is 0.342. The number of rotatable bonds is 6. The highest BCUT2D eigenvalue weighted by atomic mass is 32.1. The van der Waals surface area contributed by atoms with E-state index >= 15 is 4.39 Å². The number of β-amino-alcohol motifs (C(OH)–C–C–N with tert-alkyl or cyclic N) is 1. The number of ether oxygens (including phenoxy) is 1. The largest absolute Gasteiger partial charge is 0.389 e. The summed E-state index contributed by atoms with van der Waals surface area (Å²) in [6, 6.07) is 11.6. The minimum Gasteiger partial charge on any atom is -0.389 e. The standard InChI is InChI=1S/C32H29F2N7O3S/c1-38(31-37-28(26(8-35)45-31)18-2-4-19(33)5-3-18)30-22-6-20(7-24(34)29(22)36-25-13-44-12-23(25)30)41-16-32(17-41)14-39(15-32)11-27(43)40-9-21(42)10-40/h2-7,21,42H,9-17H2,1H3. The van der Waals surface area contributed by atoms with Crippen molar-refractivity contribution >= 4 is 44.7 Å². The number of hydrogen-bond acceptors (Lipinski definition) is 10. The lowest BCUT2D eigenvalue weighted by Crippen LogP contribution is -2.73. The first-order valence-corrected chi connectivity index (χ1v) is 15.6. The zero-order chi connectivity index (χ0) is 31.0. The van der Waals surface area contributed by atoms with Gasteiger partial charge in [0.2, 0.25) is 5.91 Å². The Kier molecular flexibility index (Phi) is 6.54. The molecule has 0 saturated carbocycles. The van der Waals surface area contributed by atoms with E-state index in [1.165, 1.54) is 29.5 Å². The van der Waals surface area contributed by atoms with Gasteiger partial charge < -0.3 is 24.5 Å². The van der Waals surface area contributed by atoms with Crippen LogP contribution >= 0.6 is 11.3 Å². The molecule has 1 N–H and O–H groups in total. The maximum Gasteiger partial charge on any atom is 0.236 e. The summed E-state index contributed by atoms with van der Waals surface area (Å²) in [6.45, 7) is 4.93. The van der Waals surface area contributed by atoms with Crippen molar-refractivity contribution in [1.82, 2.24) is 19.8 Å². The molecule has 10 nitrogen and oxygen atoms in total. The Morgan fingerprint density at radius 2 is 1.91 bits per heavy atom. The van der Waals surface area contributed by atoms with Gasteiger partial charge in [0, 0.05) is 73.9 Å². The predicted molar refractivity (Wildman–Crippen MR) is 164 cm³/mol. The molecule has 4 aliphatic rings. The molecule has 3 fully saturated rings. The first-order chi connectivity index (χ1) is 21.7. The third-order valence-corrected chi connectivity index (χ3v) is 10.3. The first-order valence-electron chi connectivity index (χ1n) is 14.8. The molecule has 0 unspecified atom stereocenters. The number of hydrogen-bond donors (Lipinski definition) is 1. The predicted octanol–water partition coefficient (Wildman–Crippen LogP) is 3.63.